The first-order valence-electron chi connectivity index (χ1n) is 6.91. The summed E-state index contributed by atoms with van der Waals surface area (Å²) in [4.78, 5) is 11.9. The summed E-state index contributed by atoms with van der Waals surface area (Å²) < 4.78 is 5.18. The Hall–Kier alpha value is -1.55. The van der Waals surface area contributed by atoms with E-state index in [2.05, 4.69) is 16.7 Å². The van der Waals surface area contributed by atoms with Crippen molar-refractivity contribution in [1.82, 2.24) is 10.6 Å². The minimum Gasteiger partial charge on any atom is -0.497 e. The molecule has 1 heterocycles. The number of ether oxygens (including phenoxy) is 1. The van der Waals surface area contributed by atoms with Crippen LogP contribution >= 0.6 is 0 Å². The van der Waals surface area contributed by atoms with E-state index in [1.165, 1.54) is 5.56 Å². The highest BCUT2D eigenvalue weighted by molar-refractivity contribution is 5.78. The molecular formula is C15H22N2O2. The molecule has 0 spiro atoms. The van der Waals surface area contributed by atoms with Crippen molar-refractivity contribution in [3.63, 3.8) is 0 Å². The second-order valence-corrected chi connectivity index (χ2v) is 4.94. The van der Waals surface area contributed by atoms with Crippen LogP contribution in [0.4, 0.5) is 0 Å². The van der Waals surface area contributed by atoms with Gasteiger partial charge in [-0.25, -0.2) is 0 Å². The van der Waals surface area contributed by atoms with Crippen molar-refractivity contribution < 1.29 is 9.53 Å². The van der Waals surface area contributed by atoms with E-state index in [4.69, 9.17) is 4.74 Å². The summed E-state index contributed by atoms with van der Waals surface area (Å²) in [5, 5.41) is 6.28. The first-order chi connectivity index (χ1) is 9.29. The Bertz CT molecular complexity index is 414. The molecule has 1 amide bonds. The van der Waals surface area contributed by atoms with Crippen molar-refractivity contribution in [3.8, 4) is 5.75 Å². The maximum Gasteiger partial charge on any atom is 0.224 e. The minimum atomic E-state index is 0.138. The first kappa shape index (κ1) is 13.9. The molecule has 19 heavy (non-hydrogen) atoms. The number of carbonyl (C=O) groups is 1. The number of hydrogen-bond donors (Lipinski definition) is 2. The quantitative estimate of drug-likeness (QED) is 0.842. The predicted molar refractivity (Wildman–Crippen MR) is 75.3 cm³/mol. The molecule has 0 saturated carbocycles. The summed E-state index contributed by atoms with van der Waals surface area (Å²) in [7, 11) is 1.66. The van der Waals surface area contributed by atoms with Crippen molar-refractivity contribution in [1.29, 1.82) is 0 Å². The van der Waals surface area contributed by atoms with Gasteiger partial charge < -0.3 is 15.4 Å². The number of amides is 1. The van der Waals surface area contributed by atoms with Crippen molar-refractivity contribution >= 4 is 5.91 Å². The Balaban J connectivity index is 1.74. The van der Waals surface area contributed by atoms with E-state index in [9.17, 15) is 4.79 Å². The van der Waals surface area contributed by atoms with Gasteiger partial charge in [-0.2, -0.15) is 0 Å². The molecule has 0 unspecified atom stereocenters. The van der Waals surface area contributed by atoms with Gasteiger partial charge in [0.1, 0.15) is 5.75 Å². The van der Waals surface area contributed by atoms with Crippen LogP contribution in [0.5, 0.6) is 5.75 Å². The molecule has 0 radical (unpaired) electrons. The molecule has 1 aromatic rings. The summed E-state index contributed by atoms with van der Waals surface area (Å²) in [5.41, 5.74) is 1.18. The fraction of sp³-hybridized carbons (Fsp3) is 0.533. The van der Waals surface area contributed by atoms with Crippen LogP contribution < -0.4 is 15.4 Å². The van der Waals surface area contributed by atoms with Crippen molar-refractivity contribution in [3.05, 3.63) is 29.8 Å². The van der Waals surface area contributed by atoms with Crippen molar-refractivity contribution in [2.75, 3.05) is 26.7 Å². The van der Waals surface area contributed by atoms with Gasteiger partial charge >= 0.3 is 0 Å². The second-order valence-electron chi connectivity index (χ2n) is 4.94. The van der Waals surface area contributed by atoms with Crippen molar-refractivity contribution in [2.45, 2.75) is 19.3 Å². The lowest BCUT2D eigenvalue weighted by Crippen LogP contribution is -2.41. The average molecular weight is 262 g/mol. The van der Waals surface area contributed by atoms with Gasteiger partial charge in [0.25, 0.3) is 0 Å². The lowest BCUT2D eigenvalue weighted by Gasteiger charge is -2.21. The Morgan fingerprint density at radius 2 is 2.42 bits per heavy atom. The van der Waals surface area contributed by atoms with E-state index in [0.29, 0.717) is 6.54 Å². The maximum atomic E-state index is 11.9. The topological polar surface area (TPSA) is 50.4 Å². The third-order valence-corrected chi connectivity index (χ3v) is 3.51. The van der Waals surface area contributed by atoms with E-state index >= 15 is 0 Å². The third-order valence-electron chi connectivity index (χ3n) is 3.51. The molecule has 0 bridgehead atoms. The molecule has 4 heteroatoms. The highest BCUT2D eigenvalue weighted by atomic mass is 16.5. The minimum absolute atomic E-state index is 0.138. The molecule has 1 atom stereocenters. The summed E-state index contributed by atoms with van der Waals surface area (Å²) in [6, 6.07) is 7.96. The van der Waals surface area contributed by atoms with Gasteiger partial charge in [0.15, 0.2) is 0 Å². The molecule has 2 N–H and O–H groups in total. The summed E-state index contributed by atoms with van der Waals surface area (Å²) in [5.74, 6) is 1.18. The predicted octanol–water partition coefficient (Wildman–Crippen LogP) is 1.35. The number of rotatable bonds is 5. The van der Waals surface area contributed by atoms with Gasteiger partial charge in [0.05, 0.1) is 13.0 Å². The highest BCUT2D eigenvalue weighted by Crippen LogP contribution is 2.13. The molecule has 4 nitrogen and oxygen atoms in total. The first-order valence-corrected chi connectivity index (χ1v) is 6.91. The van der Waals surface area contributed by atoms with Crippen LogP contribution in [0.25, 0.3) is 0 Å². The highest BCUT2D eigenvalue weighted by Gasteiger charge is 2.19. The number of hydrogen-bond acceptors (Lipinski definition) is 3. The second kappa shape index (κ2) is 7.14. The number of benzene rings is 1. The van der Waals surface area contributed by atoms with Crippen LogP contribution in [0.1, 0.15) is 18.4 Å². The van der Waals surface area contributed by atoms with E-state index in [1.54, 1.807) is 7.11 Å². The lowest BCUT2D eigenvalue weighted by atomic mass is 9.99. The van der Waals surface area contributed by atoms with E-state index in [0.717, 1.165) is 38.1 Å². The monoisotopic (exact) mass is 262 g/mol. The van der Waals surface area contributed by atoms with Crippen LogP contribution in [-0.2, 0) is 11.2 Å². The van der Waals surface area contributed by atoms with Gasteiger partial charge in [-0.1, -0.05) is 12.1 Å². The van der Waals surface area contributed by atoms with Gasteiger partial charge in [-0.15, -0.1) is 0 Å². The molecule has 1 saturated heterocycles. The van der Waals surface area contributed by atoms with Crippen LogP contribution in [0.2, 0.25) is 0 Å². The number of methoxy groups -OCH3 is 1. The molecule has 2 rings (SSSR count). The van der Waals surface area contributed by atoms with Gasteiger partial charge in [-0.3, -0.25) is 4.79 Å². The molecule has 0 aliphatic carbocycles. The van der Waals surface area contributed by atoms with E-state index in [1.807, 2.05) is 18.2 Å². The fourth-order valence-electron chi connectivity index (χ4n) is 2.38. The maximum absolute atomic E-state index is 11.9. The zero-order chi connectivity index (χ0) is 13.5. The Morgan fingerprint density at radius 3 is 3.16 bits per heavy atom. The van der Waals surface area contributed by atoms with E-state index < -0.39 is 0 Å². The summed E-state index contributed by atoms with van der Waals surface area (Å²) in [6.07, 6.45) is 2.93. The van der Waals surface area contributed by atoms with Gasteiger partial charge in [0, 0.05) is 13.1 Å². The Morgan fingerprint density at radius 1 is 1.53 bits per heavy atom. The molecule has 1 fully saturated rings. The SMILES string of the molecule is COc1cccc(CCNC(=O)[C@H]2CCCNC2)c1. The standard InChI is InChI=1S/C15H22N2O2/c1-19-14-6-2-4-12(10-14)7-9-17-15(18)13-5-3-8-16-11-13/h2,4,6,10,13,16H,3,5,7-9,11H2,1H3,(H,17,18)/t13-/m0/s1. The van der Waals surface area contributed by atoms with Gasteiger partial charge in [0.2, 0.25) is 5.91 Å². The molecule has 1 aliphatic heterocycles. The zero-order valence-electron chi connectivity index (χ0n) is 11.4. The summed E-state index contributed by atoms with van der Waals surface area (Å²) in [6.45, 7) is 2.53. The summed E-state index contributed by atoms with van der Waals surface area (Å²) >= 11 is 0. The van der Waals surface area contributed by atoms with Crippen molar-refractivity contribution in [2.24, 2.45) is 5.92 Å². The molecule has 1 aliphatic rings. The Kier molecular flexibility index (Phi) is 5.21. The number of carbonyl (C=O) groups excluding carboxylic acids is 1. The van der Waals surface area contributed by atoms with Gasteiger partial charge in [-0.05, 0) is 43.5 Å². The van der Waals surface area contributed by atoms with Crippen LogP contribution in [0.3, 0.4) is 0 Å². The fourth-order valence-corrected chi connectivity index (χ4v) is 2.38. The zero-order valence-corrected chi connectivity index (χ0v) is 11.4. The molecule has 1 aromatic carbocycles. The average Bonchev–Trinajstić information content (AvgIpc) is 2.48. The normalized spacial score (nSPS) is 18.9. The smallest absolute Gasteiger partial charge is 0.224 e. The lowest BCUT2D eigenvalue weighted by molar-refractivity contribution is -0.125. The van der Waals surface area contributed by atoms with Crippen LogP contribution in [-0.4, -0.2) is 32.7 Å². The molecular weight excluding hydrogens is 240 g/mol. The van der Waals surface area contributed by atoms with Crippen LogP contribution in [0.15, 0.2) is 24.3 Å². The Labute approximate surface area is 114 Å². The van der Waals surface area contributed by atoms with Crippen LogP contribution in [0, 0.1) is 5.92 Å². The number of nitrogens with one attached hydrogen (secondary N) is 2. The molecule has 104 valence electrons. The van der Waals surface area contributed by atoms with E-state index in [-0.39, 0.29) is 11.8 Å². The third kappa shape index (κ3) is 4.24. The number of piperidine rings is 1. The largest absolute Gasteiger partial charge is 0.497 e. The molecule has 0 aromatic heterocycles.